The van der Waals surface area contributed by atoms with Gasteiger partial charge in [0.15, 0.2) is 0 Å². The highest BCUT2D eigenvalue weighted by atomic mass is 19.1. The van der Waals surface area contributed by atoms with Crippen LogP contribution < -0.4 is 5.32 Å². The summed E-state index contributed by atoms with van der Waals surface area (Å²) in [6.07, 6.45) is -0.325. The molecule has 2 aromatic rings. The van der Waals surface area contributed by atoms with Gasteiger partial charge in [-0.2, -0.15) is 4.98 Å². The molecule has 6 nitrogen and oxygen atoms in total. The Morgan fingerprint density at radius 2 is 2.20 bits per heavy atom. The summed E-state index contributed by atoms with van der Waals surface area (Å²) >= 11 is 0. The van der Waals surface area contributed by atoms with E-state index in [2.05, 4.69) is 10.3 Å². The number of carboxylic acid groups (broad SMARTS) is 1. The van der Waals surface area contributed by atoms with Crippen molar-refractivity contribution in [2.24, 2.45) is 0 Å². The van der Waals surface area contributed by atoms with Crippen LogP contribution in [0.25, 0.3) is 0 Å². The standard InChI is InChI=1S/C13H11FN2O4/c1-7-10(6-11(17)18)20-13(15-7)16-12(19)8-3-2-4-9(14)5-8/h2-5H,6H2,1H3,(H,17,18)(H,15,16,19). The minimum absolute atomic E-state index is 0.112. The van der Waals surface area contributed by atoms with Crippen LogP contribution in [0.2, 0.25) is 0 Å². The van der Waals surface area contributed by atoms with Crippen LogP contribution in [-0.2, 0) is 11.2 Å². The van der Waals surface area contributed by atoms with Crippen LogP contribution in [0.5, 0.6) is 0 Å². The van der Waals surface area contributed by atoms with E-state index in [1.54, 1.807) is 6.92 Å². The third-order valence-electron chi connectivity index (χ3n) is 2.51. The number of aromatic nitrogens is 1. The lowest BCUT2D eigenvalue weighted by atomic mass is 10.2. The Morgan fingerprint density at radius 1 is 1.45 bits per heavy atom. The third kappa shape index (κ3) is 3.19. The second-order valence-electron chi connectivity index (χ2n) is 4.06. The van der Waals surface area contributed by atoms with E-state index in [9.17, 15) is 14.0 Å². The van der Waals surface area contributed by atoms with E-state index >= 15 is 0 Å². The molecule has 0 aliphatic rings. The van der Waals surface area contributed by atoms with Crippen molar-refractivity contribution in [2.45, 2.75) is 13.3 Å². The third-order valence-corrected chi connectivity index (χ3v) is 2.51. The molecule has 104 valence electrons. The number of nitrogens with zero attached hydrogens (tertiary/aromatic N) is 1. The summed E-state index contributed by atoms with van der Waals surface area (Å²) in [5, 5.41) is 11.0. The molecular weight excluding hydrogens is 267 g/mol. The number of anilines is 1. The van der Waals surface area contributed by atoms with Gasteiger partial charge in [0.05, 0.1) is 5.69 Å². The zero-order chi connectivity index (χ0) is 14.7. The summed E-state index contributed by atoms with van der Waals surface area (Å²) < 4.78 is 18.1. The molecule has 1 heterocycles. The first-order chi connectivity index (χ1) is 9.45. The van der Waals surface area contributed by atoms with Crippen LogP contribution in [-0.4, -0.2) is 22.0 Å². The largest absolute Gasteiger partial charge is 0.481 e. The van der Waals surface area contributed by atoms with E-state index in [0.717, 1.165) is 6.07 Å². The van der Waals surface area contributed by atoms with Crippen LogP contribution in [0.4, 0.5) is 10.4 Å². The number of aliphatic carboxylic acids is 1. The predicted octanol–water partition coefficient (Wildman–Crippen LogP) is 2.00. The van der Waals surface area contributed by atoms with Crippen LogP contribution >= 0.6 is 0 Å². The molecular formula is C13H11FN2O4. The first-order valence-corrected chi connectivity index (χ1v) is 5.70. The molecule has 7 heteroatoms. The Morgan fingerprint density at radius 3 is 2.85 bits per heavy atom. The van der Waals surface area contributed by atoms with Crippen LogP contribution in [0, 0.1) is 12.7 Å². The zero-order valence-corrected chi connectivity index (χ0v) is 10.5. The summed E-state index contributed by atoms with van der Waals surface area (Å²) in [6.45, 7) is 1.57. The quantitative estimate of drug-likeness (QED) is 0.892. The van der Waals surface area contributed by atoms with Crippen LogP contribution in [0.3, 0.4) is 0 Å². The maximum atomic E-state index is 13.0. The fourth-order valence-electron chi connectivity index (χ4n) is 1.58. The number of carbonyl (C=O) groups is 2. The number of nitrogens with one attached hydrogen (secondary N) is 1. The Kier molecular flexibility index (Phi) is 3.79. The van der Waals surface area contributed by atoms with Crippen molar-refractivity contribution in [3.05, 3.63) is 47.1 Å². The molecule has 0 unspecified atom stereocenters. The topological polar surface area (TPSA) is 92.4 Å². The van der Waals surface area contributed by atoms with Gasteiger partial charge in [-0.1, -0.05) is 6.07 Å². The Bertz CT molecular complexity index is 666. The maximum absolute atomic E-state index is 13.0. The molecule has 0 fully saturated rings. The minimum Gasteiger partial charge on any atom is -0.481 e. The van der Waals surface area contributed by atoms with E-state index < -0.39 is 17.7 Å². The smallest absolute Gasteiger partial charge is 0.311 e. The SMILES string of the molecule is Cc1nc(NC(=O)c2cccc(F)c2)oc1CC(=O)O. The molecule has 20 heavy (non-hydrogen) atoms. The molecule has 0 atom stereocenters. The zero-order valence-electron chi connectivity index (χ0n) is 10.5. The molecule has 0 saturated heterocycles. The molecule has 0 aliphatic carbocycles. The number of rotatable bonds is 4. The van der Waals surface area contributed by atoms with Gasteiger partial charge in [0.1, 0.15) is 18.0 Å². The monoisotopic (exact) mass is 278 g/mol. The van der Waals surface area contributed by atoms with Crippen molar-refractivity contribution in [3.63, 3.8) is 0 Å². The number of hydrogen-bond donors (Lipinski definition) is 2. The highest BCUT2D eigenvalue weighted by Gasteiger charge is 2.15. The normalized spacial score (nSPS) is 10.3. The second kappa shape index (κ2) is 5.52. The number of amides is 1. The number of benzene rings is 1. The van der Waals surface area contributed by atoms with Gasteiger partial charge in [-0.25, -0.2) is 4.39 Å². The van der Waals surface area contributed by atoms with Gasteiger partial charge in [0, 0.05) is 5.56 Å². The molecule has 0 spiro atoms. The van der Waals surface area contributed by atoms with Crippen molar-refractivity contribution >= 4 is 17.9 Å². The van der Waals surface area contributed by atoms with Gasteiger partial charge in [-0.15, -0.1) is 0 Å². The van der Waals surface area contributed by atoms with E-state index in [-0.39, 0.29) is 23.8 Å². The highest BCUT2D eigenvalue weighted by Crippen LogP contribution is 2.16. The molecule has 0 saturated carbocycles. The lowest BCUT2D eigenvalue weighted by Crippen LogP contribution is -2.12. The molecule has 0 bridgehead atoms. The van der Waals surface area contributed by atoms with Crippen molar-refractivity contribution in [2.75, 3.05) is 5.32 Å². The van der Waals surface area contributed by atoms with Gasteiger partial charge < -0.3 is 9.52 Å². The number of halogens is 1. The van der Waals surface area contributed by atoms with Crippen molar-refractivity contribution in [1.29, 1.82) is 0 Å². The molecule has 0 radical (unpaired) electrons. The first-order valence-electron chi connectivity index (χ1n) is 5.70. The van der Waals surface area contributed by atoms with E-state index in [0.29, 0.717) is 5.69 Å². The second-order valence-corrected chi connectivity index (χ2v) is 4.06. The van der Waals surface area contributed by atoms with Gasteiger partial charge >= 0.3 is 12.0 Å². The average Bonchev–Trinajstić information content (AvgIpc) is 2.68. The predicted molar refractivity (Wildman–Crippen MR) is 66.9 cm³/mol. The van der Waals surface area contributed by atoms with Crippen molar-refractivity contribution in [1.82, 2.24) is 4.98 Å². The molecule has 1 aromatic heterocycles. The lowest BCUT2D eigenvalue weighted by Gasteiger charge is -2.00. The Labute approximate surface area is 113 Å². The lowest BCUT2D eigenvalue weighted by molar-refractivity contribution is -0.136. The summed E-state index contributed by atoms with van der Waals surface area (Å²) in [5.74, 6) is -2.03. The summed E-state index contributed by atoms with van der Waals surface area (Å²) in [6, 6.07) is 5.01. The molecule has 2 rings (SSSR count). The van der Waals surface area contributed by atoms with E-state index in [1.807, 2.05) is 0 Å². The Hall–Kier alpha value is -2.70. The van der Waals surface area contributed by atoms with Crippen molar-refractivity contribution < 1.29 is 23.5 Å². The maximum Gasteiger partial charge on any atom is 0.311 e. The summed E-state index contributed by atoms with van der Waals surface area (Å²) in [4.78, 5) is 26.3. The fraction of sp³-hybridized carbons (Fsp3) is 0.154. The fourth-order valence-corrected chi connectivity index (χ4v) is 1.58. The van der Waals surface area contributed by atoms with Crippen molar-refractivity contribution in [3.8, 4) is 0 Å². The summed E-state index contributed by atoms with van der Waals surface area (Å²) in [5.41, 5.74) is 0.488. The average molecular weight is 278 g/mol. The van der Waals surface area contributed by atoms with Gasteiger partial charge in [0.25, 0.3) is 5.91 Å². The minimum atomic E-state index is -1.06. The number of carboxylic acids is 1. The Balaban J connectivity index is 2.14. The van der Waals surface area contributed by atoms with Gasteiger partial charge in [0.2, 0.25) is 0 Å². The molecule has 0 aliphatic heterocycles. The number of carbonyl (C=O) groups excluding carboxylic acids is 1. The van der Waals surface area contributed by atoms with E-state index in [4.69, 9.17) is 9.52 Å². The molecule has 1 aromatic carbocycles. The van der Waals surface area contributed by atoms with Crippen LogP contribution in [0.15, 0.2) is 28.7 Å². The van der Waals surface area contributed by atoms with Gasteiger partial charge in [-0.05, 0) is 25.1 Å². The first kappa shape index (κ1) is 13.7. The summed E-state index contributed by atoms with van der Waals surface area (Å²) in [7, 11) is 0. The van der Waals surface area contributed by atoms with E-state index in [1.165, 1.54) is 18.2 Å². The van der Waals surface area contributed by atoms with Gasteiger partial charge in [-0.3, -0.25) is 14.9 Å². The molecule has 1 amide bonds. The highest BCUT2D eigenvalue weighted by molar-refractivity contribution is 6.03. The number of aryl methyl sites for hydroxylation is 1. The number of hydrogen-bond acceptors (Lipinski definition) is 4. The number of oxazole rings is 1. The molecule has 2 N–H and O–H groups in total. The van der Waals surface area contributed by atoms with Crippen LogP contribution in [0.1, 0.15) is 21.8 Å².